The fraction of sp³-hybridized carbons (Fsp3) is 0.932. The van der Waals surface area contributed by atoms with Crippen LogP contribution in [-0.2, 0) is 29.0 Å². The number of likely N-dealkylation sites (N-methyl/N-ethyl adjacent to an activating group) is 4. The summed E-state index contributed by atoms with van der Waals surface area (Å²) >= 11 is 6.17. The highest BCUT2D eigenvalue weighted by molar-refractivity contribution is 8.00. The van der Waals surface area contributed by atoms with Crippen LogP contribution < -0.4 is 21.3 Å². The Kier molecular flexibility index (Phi) is 26.7. The van der Waals surface area contributed by atoms with Crippen LogP contribution in [0.4, 0.5) is 0 Å². The lowest BCUT2D eigenvalue weighted by Gasteiger charge is -2.30. The molecule has 0 spiro atoms. The highest BCUT2D eigenvalue weighted by Crippen LogP contribution is 2.36. The molecule has 18 heteroatoms. The number of likely N-dealkylation sites (tertiary alicyclic amines) is 4. The van der Waals surface area contributed by atoms with Gasteiger partial charge in [-0.3, -0.25) is 19.2 Å². The zero-order valence-corrected chi connectivity index (χ0v) is 53.7. The van der Waals surface area contributed by atoms with Crippen molar-refractivity contribution in [3.63, 3.8) is 0 Å². The third-order valence-electron chi connectivity index (χ3n) is 18.1. The average molecular weight is 1160 g/mol. The van der Waals surface area contributed by atoms with Gasteiger partial charge < -0.3 is 40.9 Å². The molecule has 7 atom stereocenters. The Labute approximate surface area is 482 Å². The molecule has 0 radical (unpaired) electrons. The fourth-order valence-electron chi connectivity index (χ4n) is 12.7. The van der Waals surface area contributed by atoms with Crippen molar-refractivity contribution in [3.8, 4) is 0 Å². The van der Waals surface area contributed by atoms with Crippen LogP contribution in [0.3, 0.4) is 0 Å². The first kappa shape index (κ1) is 66.5. The molecule has 8 heterocycles. The first-order valence-electron chi connectivity index (χ1n) is 30.1. The van der Waals surface area contributed by atoms with Crippen molar-refractivity contribution in [1.82, 2.24) is 40.9 Å². The Morgan fingerprint density at radius 2 is 0.857 bits per heavy atom. The minimum Gasteiger partial charge on any atom is -0.341 e. The minimum atomic E-state index is -2.87. The van der Waals surface area contributed by atoms with Gasteiger partial charge in [0.05, 0.1) is 35.7 Å². The van der Waals surface area contributed by atoms with E-state index in [1.165, 1.54) is 73.7 Å². The molecule has 0 aromatic rings. The van der Waals surface area contributed by atoms with E-state index in [-0.39, 0.29) is 69.2 Å². The van der Waals surface area contributed by atoms with E-state index >= 15 is 0 Å². The number of hydrogen-bond acceptors (Lipinski definition) is 13. The standard InChI is InChI=1S/3C15H28N2OS.C14H26N2O3S/c1-15(2)6-7-17(14(18)13(10-15)16-3)11-12-4-8-19-9-5-12;1-15(2)6-7-17(14(18)13(9-15)16-3)10-12-5-4-8-19-11-12;1-15(2)7-8-17(14(18)13(10-15)16-3)11-12-6-4-5-9-19-12;1-14(2)5-6-16(13(17)12(8-14)15-3)9-11-4-7-20(18,19)10-11/h3*12-13,16H,4-11H2,1-3H3;11-12,15H,4-10H2,1-3H3. The second-order valence-electron chi connectivity index (χ2n) is 27.4. The molecule has 8 aliphatic heterocycles. The SMILES string of the molecule is CNC1CC(C)(C)CCN(CC2CCCCS2)C1=O.CNC1CC(C)(C)CCN(CC2CCCSC2)C1=O.CNC1CC(C)(C)CCN(CC2CCS(=O)(=O)C2)C1=O.CNC1CC(C)(C)CCN(CC2CCSCC2)C1=O. The zero-order valence-electron chi connectivity index (χ0n) is 50.4. The van der Waals surface area contributed by atoms with E-state index in [9.17, 15) is 27.6 Å². The van der Waals surface area contributed by atoms with Crippen LogP contribution in [0.1, 0.15) is 158 Å². The van der Waals surface area contributed by atoms with Gasteiger partial charge in [0.2, 0.25) is 23.6 Å². The maximum absolute atomic E-state index is 12.6. The van der Waals surface area contributed by atoms with Crippen molar-refractivity contribution >= 4 is 68.8 Å². The Morgan fingerprint density at radius 1 is 0.455 bits per heavy atom. The Bertz CT molecular complexity index is 1810. The summed E-state index contributed by atoms with van der Waals surface area (Å²) in [6, 6.07) is -0.124. The average Bonchev–Trinajstić information content (AvgIpc) is 3.51. The molecule has 8 fully saturated rings. The minimum absolute atomic E-state index is 0.00564. The molecule has 0 bridgehead atoms. The van der Waals surface area contributed by atoms with Crippen LogP contribution >= 0.6 is 35.3 Å². The van der Waals surface area contributed by atoms with Crippen molar-refractivity contribution in [2.24, 2.45) is 39.4 Å². The molecule has 77 heavy (non-hydrogen) atoms. The van der Waals surface area contributed by atoms with Gasteiger partial charge in [-0.15, -0.1) is 0 Å². The molecule has 0 aromatic heterocycles. The lowest BCUT2D eigenvalue weighted by molar-refractivity contribution is -0.134. The van der Waals surface area contributed by atoms with Gasteiger partial charge in [-0.1, -0.05) is 61.8 Å². The quantitative estimate of drug-likeness (QED) is 0.149. The normalized spacial score (nSPS) is 31.7. The molecular formula is C59H110N8O6S4. The van der Waals surface area contributed by atoms with Crippen molar-refractivity contribution in [2.45, 2.75) is 188 Å². The predicted molar refractivity (Wildman–Crippen MR) is 327 cm³/mol. The van der Waals surface area contributed by atoms with E-state index in [4.69, 9.17) is 0 Å². The molecule has 4 amide bonds. The highest BCUT2D eigenvalue weighted by atomic mass is 32.2. The van der Waals surface area contributed by atoms with E-state index in [0.717, 1.165) is 103 Å². The molecular weight excluding hydrogens is 1040 g/mol. The second-order valence-corrected chi connectivity index (χ2v) is 33.4. The molecule has 8 saturated heterocycles. The topological polar surface area (TPSA) is 164 Å². The monoisotopic (exact) mass is 1150 g/mol. The summed E-state index contributed by atoms with van der Waals surface area (Å²) in [6.45, 7) is 25.1. The number of thioether (sulfide) groups is 3. The van der Waals surface area contributed by atoms with E-state index in [0.29, 0.717) is 41.9 Å². The van der Waals surface area contributed by atoms with Crippen LogP contribution in [-0.4, -0.2) is 202 Å². The first-order valence-corrected chi connectivity index (χ1v) is 35.3. The van der Waals surface area contributed by atoms with Gasteiger partial charge in [-0.05, 0) is 193 Å². The van der Waals surface area contributed by atoms with Gasteiger partial charge in [-0.2, -0.15) is 35.3 Å². The molecule has 0 saturated carbocycles. The summed E-state index contributed by atoms with van der Waals surface area (Å²) in [4.78, 5) is 58.6. The summed E-state index contributed by atoms with van der Waals surface area (Å²) in [5, 5.41) is 13.4. The van der Waals surface area contributed by atoms with Crippen molar-refractivity contribution in [1.29, 1.82) is 0 Å². The first-order chi connectivity index (χ1) is 36.3. The second kappa shape index (κ2) is 30.9. The molecule has 0 aliphatic carbocycles. The van der Waals surface area contributed by atoms with E-state index in [1.54, 1.807) is 0 Å². The Balaban J connectivity index is 0.000000189. The van der Waals surface area contributed by atoms with Gasteiger partial charge in [0.15, 0.2) is 9.84 Å². The Morgan fingerprint density at radius 3 is 1.21 bits per heavy atom. The van der Waals surface area contributed by atoms with E-state index < -0.39 is 9.84 Å². The molecule has 0 aromatic carbocycles. The zero-order chi connectivity index (χ0) is 56.6. The molecule has 4 N–H and O–H groups in total. The smallest absolute Gasteiger partial charge is 0.239 e. The summed E-state index contributed by atoms with van der Waals surface area (Å²) in [5.41, 5.74) is 0.928. The maximum atomic E-state index is 12.6. The molecule has 8 rings (SSSR count). The summed E-state index contributed by atoms with van der Waals surface area (Å²) < 4.78 is 23.1. The molecule has 7 unspecified atom stereocenters. The van der Waals surface area contributed by atoms with Crippen LogP contribution in [0, 0.1) is 39.4 Å². The number of rotatable bonds is 12. The van der Waals surface area contributed by atoms with Crippen molar-refractivity contribution in [2.75, 3.05) is 121 Å². The molecule has 446 valence electrons. The van der Waals surface area contributed by atoms with E-state index in [2.05, 4.69) is 127 Å². The van der Waals surface area contributed by atoms with Gasteiger partial charge in [-0.25, -0.2) is 8.42 Å². The number of nitrogens with zero attached hydrogens (tertiary/aromatic N) is 4. The van der Waals surface area contributed by atoms with Gasteiger partial charge in [0.25, 0.3) is 0 Å². The number of carbonyl (C=O) groups excluding carboxylic acids is 4. The van der Waals surface area contributed by atoms with Crippen molar-refractivity contribution in [3.05, 3.63) is 0 Å². The molecule has 8 aliphatic rings. The summed E-state index contributed by atoms with van der Waals surface area (Å²) in [7, 11) is 4.70. The van der Waals surface area contributed by atoms with Gasteiger partial charge in [0, 0.05) is 57.6 Å². The van der Waals surface area contributed by atoms with E-state index in [1.807, 2.05) is 33.1 Å². The summed E-state index contributed by atoms with van der Waals surface area (Å²) in [6.07, 6.45) is 17.9. The van der Waals surface area contributed by atoms with Gasteiger partial charge >= 0.3 is 0 Å². The third-order valence-corrected chi connectivity index (χ3v) is 23.7. The lowest BCUT2D eigenvalue weighted by atomic mass is 9.83. The largest absolute Gasteiger partial charge is 0.341 e. The van der Waals surface area contributed by atoms with Crippen LogP contribution in [0.25, 0.3) is 0 Å². The Hall–Kier alpha value is -1.28. The number of nitrogens with one attached hydrogen (secondary N) is 4. The number of sulfone groups is 1. The number of amides is 4. The number of carbonyl (C=O) groups is 4. The van der Waals surface area contributed by atoms with Crippen molar-refractivity contribution < 1.29 is 27.6 Å². The fourth-order valence-corrected chi connectivity index (χ4v) is 18.2. The van der Waals surface area contributed by atoms with Gasteiger partial charge in [0.1, 0.15) is 0 Å². The maximum Gasteiger partial charge on any atom is 0.239 e. The van der Waals surface area contributed by atoms with Crippen LogP contribution in [0.15, 0.2) is 0 Å². The van der Waals surface area contributed by atoms with Crippen LogP contribution in [0.5, 0.6) is 0 Å². The molecule has 14 nitrogen and oxygen atoms in total. The predicted octanol–water partition coefficient (Wildman–Crippen LogP) is 7.90. The third kappa shape index (κ3) is 22.1. The van der Waals surface area contributed by atoms with Crippen LogP contribution in [0.2, 0.25) is 0 Å². The lowest BCUT2D eigenvalue weighted by Crippen LogP contribution is -2.46. The summed E-state index contributed by atoms with van der Waals surface area (Å²) in [5.74, 6) is 9.51. The number of hydrogen-bond donors (Lipinski definition) is 4. The highest BCUT2D eigenvalue weighted by Gasteiger charge is 2.40.